The van der Waals surface area contributed by atoms with Crippen molar-refractivity contribution in [1.82, 2.24) is 10.6 Å². The SMILES string of the molecule is C[C@H]([NH2+]CC(=O)NC(=O)NCc1ccco1)c1cccc(Cl)c1. The van der Waals surface area contributed by atoms with Gasteiger partial charge in [-0.05, 0) is 31.2 Å². The number of halogens is 1. The highest BCUT2D eigenvalue weighted by Crippen LogP contribution is 2.14. The average Bonchev–Trinajstić information content (AvgIpc) is 3.04. The van der Waals surface area contributed by atoms with Crippen molar-refractivity contribution in [2.75, 3.05) is 6.54 Å². The minimum absolute atomic E-state index is 0.0608. The number of nitrogens with one attached hydrogen (secondary N) is 2. The summed E-state index contributed by atoms with van der Waals surface area (Å²) >= 11 is 5.94. The van der Waals surface area contributed by atoms with E-state index in [1.165, 1.54) is 6.26 Å². The van der Waals surface area contributed by atoms with Crippen LogP contribution in [0.15, 0.2) is 47.1 Å². The molecular weight excluding hydrogens is 318 g/mol. The quantitative estimate of drug-likeness (QED) is 0.748. The summed E-state index contributed by atoms with van der Waals surface area (Å²) in [5.41, 5.74) is 1.02. The van der Waals surface area contributed by atoms with Gasteiger partial charge in [-0.15, -0.1) is 0 Å². The number of quaternary nitrogens is 1. The van der Waals surface area contributed by atoms with Gasteiger partial charge in [-0.3, -0.25) is 10.1 Å². The van der Waals surface area contributed by atoms with Crippen molar-refractivity contribution in [2.45, 2.75) is 19.5 Å². The van der Waals surface area contributed by atoms with Gasteiger partial charge in [0.05, 0.1) is 12.8 Å². The fraction of sp³-hybridized carbons (Fsp3) is 0.250. The second-order valence-electron chi connectivity index (χ2n) is 5.09. The number of urea groups is 1. The molecule has 0 aliphatic carbocycles. The summed E-state index contributed by atoms with van der Waals surface area (Å²) in [4.78, 5) is 23.4. The van der Waals surface area contributed by atoms with Crippen LogP contribution in [-0.2, 0) is 11.3 Å². The lowest BCUT2D eigenvalue weighted by Gasteiger charge is -2.11. The van der Waals surface area contributed by atoms with Gasteiger partial charge < -0.3 is 15.1 Å². The van der Waals surface area contributed by atoms with Gasteiger partial charge in [0.25, 0.3) is 5.91 Å². The van der Waals surface area contributed by atoms with Gasteiger partial charge in [0.1, 0.15) is 11.8 Å². The molecular formula is C16H19ClN3O3+. The summed E-state index contributed by atoms with van der Waals surface area (Å²) in [6.45, 7) is 2.34. The Morgan fingerprint density at radius 3 is 2.83 bits per heavy atom. The molecule has 1 aromatic carbocycles. The lowest BCUT2D eigenvalue weighted by molar-refractivity contribution is -0.682. The summed E-state index contributed by atoms with van der Waals surface area (Å²) in [6, 6.07) is 10.4. The number of hydrogen-bond donors (Lipinski definition) is 3. The van der Waals surface area contributed by atoms with E-state index in [1.807, 2.05) is 30.4 Å². The van der Waals surface area contributed by atoms with Crippen molar-refractivity contribution < 1.29 is 19.3 Å². The zero-order chi connectivity index (χ0) is 16.7. The highest BCUT2D eigenvalue weighted by molar-refractivity contribution is 6.30. The molecule has 0 saturated carbocycles. The van der Waals surface area contributed by atoms with Crippen LogP contribution >= 0.6 is 11.6 Å². The number of rotatable bonds is 6. The number of furan rings is 1. The van der Waals surface area contributed by atoms with Crippen molar-refractivity contribution >= 4 is 23.5 Å². The molecule has 1 heterocycles. The van der Waals surface area contributed by atoms with E-state index in [0.29, 0.717) is 10.8 Å². The normalized spacial score (nSPS) is 11.7. The largest absolute Gasteiger partial charge is 0.467 e. The van der Waals surface area contributed by atoms with E-state index in [4.69, 9.17) is 16.0 Å². The Bertz CT molecular complexity index is 658. The minimum atomic E-state index is -0.546. The van der Waals surface area contributed by atoms with Gasteiger partial charge in [0.2, 0.25) is 0 Å². The fourth-order valence-electron chi connectivity index (χ4n) is 2.01. The maximum absolute atomic E-state index is 11.8. The third-order valence-corrected chi connectivity index (χ3v) is 3.52. The van der Waals surface area contributed by atoms with Crippen molar-refractivity contribution in [3.8, 4) is 0 Å². The van der Waals surface area contributed by atoms with Crippen LogP contribution in [0, 0.1) is 0 Å². The molecule has 0 bridgehead atoms. The van der Waals surface area contributed by atoms with E-state index in [1.54, 1.807) is 18.2 Å². The number of benzene rings is 1. The van der Waals surface area contributed by atoms with Crippen molar-refractivity contribution in [1.29, 1.82) is 0 Å². The molecule has 122 valence electrons. The molecule has 0 unspecified atom stereocenters. The first-order chi connectivity index (χ1) is 11.0. The Morgan fingerprint density at radius 2 is 2.13 bits per heavy atom. The van der Waals surface area contributed by atoms with Crippen LogP contribution < -0.4 is 16.0 Å². The molecule has 0 aliphatic heterocycles. The summed E-state index contributed by atoms with van der Waals surface area (Å²) < 4.78 is 5.08. The molecule has 2 aromatic rings. The number of nitrogens with two attached hydrogens (primary N) is 1. The number of hydrogen-bond acceptors (Lipinski definition) is 3. The maximum Gasteiger partial charge on any atom is 0.321 e. The molecule has 2 rings (SSSR count). The third-order valence-electron chi connectivity index (χ3n) is 3.29. The van der Waals surface area contributed by atoms with Gasteiger partial charge in [-0.2, -0.15) is 0 Å². The first-order valence-electron chi connectivity index (χ1n) is 7.23. The van der Waals surface area contributed by atoms with Gasteiger partial charge in [-0.1, -0.05) is 23.7 Å². The van der Waals surface area contributed by atoms with Gasteiger partial charge in [0.15, 0.2) is 6.54 Å². The number of carbonyl (C=O) groups is 2. The van der Waals surface area contributed by atoms with E-state index in [2.05, 4.69) is 10.6 Å². The molecule has 0 saturated heterocycles. The molecule has 7 heteroatoms. The number of imide groups is 1. The van der Waals surface area contributed by atoms with Gasteiger partial charge in [-0.25, -0.2) is 4.79 Å². The molecule has 1 atom stereocenters. The summed E-state index contributed by atoms with van der Waals surface area (Å²) in [6.07, 6.45) is 1.52. The lowest BCUT2D eigenvalue weighted by atomic mass is 10.1. The predicted octanol–water partition coefficient (Wildman–Crippen LogP) is 1.58. The van der Waals surface area contributed by atoms with Crippen LogP contribution in [0.1, 0.15) is 24.3 Å². The van der Waals surface area contributed by atoms with Gasteiger partial charge in [0, 0.05) is 10.6 Å². The standard InChI is InChI=1S/C16H18ClN3O3/c1-11(12-4-2-5-13(17)8-12)18-10-15(21)20-16(22)19-9-14-6-3-7-23-14/h2-8,11,18H,9-10H2,1H3,(H2,19,20,21,22)/p+1/t11-/m0/s1. The number of carbonyl (C=O) groups excluding carboxylic acids is 2. The van der Waals surface area contributed by atoms with Crippen LogP contribution in [0.4, 0.5) is 4.79 Å². The number of amides is 3. The Labute approximate surface area is 139 Å². The first kappa shape index (κ1) is 17.1. The molecule has 6 nitrogen and oxygen atoms in total. The molecule has 0 fully saturated rings. The molecule has 0 radical (unpaired) electrons. The Hall–Kier alpha value is -2.31. The van der Waals surface area contributed by atoms with Crippen LogP contribution in [-0.4, -0.2) is 18.5 Å². The maximum atomic E-state index is 11.8. The fourth-order valence-corrected chi connectivity index (χ4v) is 2.21. The van der Waals surface area contributed by atoms with Crippen molar-refractivity contribution in [3.05, 3.63) is 59.0 Å². The van der Waals surface area contributed by atoms with Crippen molar-refractivity contribution in [2.24, 2.45) is 0 Å². The highest BCUT2D eigenvalue weighted by Gasteiger charge is 2.14. The van der Waals surface area contributed by atoms with Crippen molar-refractivity contribution in [3.63, 3.8) is 0 Å². The first-order valence-corrected chi connectivity index (χ1v) is 7.61. The molecule has 23 heavy (non-hydrogen) atoms. The Kier molecular flexibility index (Phi) is 6.19. The van der Waals surface area contributed by atoms with E-state index in [9.17, 15) is 9.59 Å². The molecule has 3 amide bonds. The van der Waals surface area contributed by atoms with E-state index in [-0.39, 0.29) is 25.0 Å². The van der Waals surface area contributed by atoms with Crippen LogP contribution in [0.2, 0.25) is 5.02 Å². The minimum Gasteiger partial charge on any atom is -0.467 e. The summed E-state index contributed by atoms with van der Waals surface area (Å²) in [5, 5.41) is 7.31. The Morgan fingerprint density at radius 1 is 1.30 bits per heavy atom. The zero-order valence-corrected chi connectivity index (χ0v) is 13.5. The molecule has 0 spiro atoms. The van der Waals surface area contributed by atoms with E-state index < -0.39 is 6.03 Å². The summed E-state index contributed by atoms with van der Waals surface area (Å²) in [7, 11) is 0. The predicted molar refractivity (Wildman–Crippen MR) is 85.7 cm³/mol. The highest BCUT2D eigenvalue weighted by atomic mass is 35.5. The second-order valence-corrected chi connectivity index (χ2v) is 5.53. The average molecular weight is 337 g/mol. The Balaban J connectivity index is 1.71. The smallest absolute Gasteiger partial charge is 0.321 e. The molecule has 1 aromatic heterocycles. The van der Waals surface area contributed by atoms with E-state index >= 15 is 0 Å². The summed E-state index contributed by atoms with van der Waals surface area (Å²) in [5.74, 6) is 0.254. The van der Waals surface area contributed by atoms with E-state index in [0.717, 1.165) is 5.56 Å². The monoisotopic (exact) mass is 336 g/mol. The molecule has 0 aliphatic rings. The second kappa shape index (κ2) is 8.36. The third kappa shape index (κ3) is 5.77. The lowest BCUT2D eigenvalue weighted by Crippen LogP contribution is -2.87. The van der Waals surface area contributed by atoms with Crippen LogP contribution in [0.3, 0.4) is 0 Å². The van der Waals surface area contributed by atoms with Crippen LogP contribution in [0.25, 0.3) is 0 Å². The van der Waals surface area contributed by atoms with Crippen LogP contribution in [0.5, 0.6) is 0 Å². The topological polar surface area (TPSA) is 88.0 Å². The van der Waals surface area contributed by atoms with Gasteiger partial charge >= 0.3 is 6.03 Å². The molecule has 4 N–H and O–H groups in total. The zero-order valence-electron chi connectivity index (χ0n) is 12.7.